The molecule has 0 amide bonds. The predicted octanol–water partition coefficient (Wildman–Crippen LogP) is 8.69. The smallest absolute Gasteiger partial charge is 0.160 e. The summed E-state index contributed by atoms with van der Waals surface area (Å²) in [6.07, 6.45) is 12.2. The molecule has 1 unspecified atom stereocenters. The summed E-state index contributed by atoms with van der Waals surface area (Å²) in [7, 11) is 0. The van der Waals surface area contributed by atoms with E-state index in [1.54, 1.807) is 0 Å². The molecule has 0 bridgehead atoms. The van der Waals surface area contributed by atoms with E-state index in [0.717, 1.165) is 47.4 Å². The summed E-state index contributed by atoms with van der Waals surface area (Å²) in [6.45, 7) is 2.24. The van der Waals surface area contributed by atoms with Crippen LogP contribution in [-0.2, 0) is 6.42 Å². The fraction of sp³-hybridized carbons (Fsp3) is 0.172. The van der Waals surface area contributed by atoms with Gasteiger partial charge in [0.2, 0.25) is 0 Å². The van der Waals surface area contributed by atoms with Gasteiger partial charge in [0, 0.05) is 16.0 Å². The number of rotatable bonds is 3. The largest absolute Gasteiger partial charge is 0.227 e. The van der Waals surface area contributed by atoms with E-state index < -0.39 is 0 Å². The molecule has 0 fully saturated rings. The zero-order valence-electron chi connectivity index (χ0n) is 18.4. The topological polar surface area (TPSA) is 25.8 Å². The highest BCUT2D eigenvalue weighted by Gasteiger charge is 2.22. The molecule has 2 aromatic carbocycles. The molecule has 2 heterocycles. The lowest BCUT2D eigenvalue weighted by atomic mass is 9.97. The van der Waals surface area contributed by atoms with Gasteiger partial charge in [0.1, 0.15) is 0 Å². The van der Waals surface area contributed by atoms with Gasteiger partial charge in [-0.1, -0.05) is 89.6 Å². The molecule has 0 aliphatic heterocycles. The van der Waals surface area contributed by atoms with Crippen LogP contribution in [0.25, 0.3) is 44.3 Å². The van der Waals surface area contributed by atoms with Crippen LogP contribution in [0.4, 0.5) is 0 Å². The Balaban J connectivity index is 1.53. The van der Waals surface area contributed by atoms with Gasteiger partial charge in [-0.25, -0.2) is 9.97 Å². The van der Waals surface area contributed by atoms with Crippen molar-refractivity contribution in [3.63, 3.8) is 0 Å². The minimum absolute atomic E-state index is 0.464. The van der Waals surface area contributed by atoms with E-state index in [4.69, 9.17) is 9.97 Å². The van der Waals surface area contributed by atoms with Gasteiger partial charge >= 0.3 is 0 Å². The quantitative estimate of drug-likeness (QED) is 0.275. The number of allylic oxidation sites excluding steroid dienone is 5. The molecule has 2 nitrogen and oxygen atoms in total. The number of benzene rings is 2. The molecule has 0 spiro atoms. The van der Waals surface area contributed by atoms with Crippen LogP contribution in [0.2, 0.25) is 0 Å². The highest BCUT2D eigenvalue weighted by Crippen LogP contribution is 2.41. The first-order chi connectivity index (χ1) is 16.2. The Hall–Kier alpha value is -2.82. The summed E-state index contributed by atoms with van der Waals surface area (Å²) in [6, 6.07) is 19.3. The Kier molecular flexibility index (Phi) is 5.35. The first kappa shape index (κ1) is 20.8. The maximum absolute atomic E-state index is 5.15. The van der Waals surface area contributed by atoms with Crippen molar-refractivity contribution in [3.05, 3.63) is 93.6 Å². The van der Waals surface area contributed by atoms with Gasteiger partial charge < -0.3 is 0 Å². The van der Waals surface area contributed by atoms with E-state index in [1.807, 2.05) is 11.3 Å². The Morgan fingerprint density at radius 2 is 1.70 bits per heavy atom. The van der Waals surface area contributed by atoms with Crippen molar-refractivity contribution >= 4 is 49.1 Å². The number of hydrogen-bond acceptors (Lipinski definition) is 3. The average molecular weight is 511 g/mol. The maximum Gasteiger partial charge on any atom is 0.160 e. The van der Waals surface area contributed by atoms with Gasteiger partial charge in [-0.05, 0) is 58.5 Å². The van der Waals surface area contributed by atoms with Gasteiger partial charge in [-0.15, -0.1) is 11.3 Å². The van der Waals surface area contributed by atoms with E-state index in [2.05, 4.69) is 102 Å². The molecule has 0 N–H and O–H groups in total. The van der Waals surface area contributed by atoms with Crippen LogP contribution in [0.1, 0.15) is 36.0 Å². The Morgan fingerprint density at radius 1 is 0.939 bits per heavy atom. The van der Waals surface area contributed by atoms with Gasteiger partial charge in [0.25, 0.3) is 0 Å². The maximum atomic E-state index is 5.15. The summed E-state index contributed by atoms with van der Waals surface area (Å²) in [5.74, 6) is 1.29. The van der Waals surface area contributed by atoms with E-state index in [-0.39, 0.29) is 0 Å². The van der Waals surface area contributed by atoms with Crippen LogP contribution in [0.3, 0.4) is 0 Å². The van der Waals surface area contributed by atoms with Crippen molar-refractivity contribution < 1.29 is 0 Å². The molecule has 33 heavy (non-hydrogen) atoms. The van der Waals surface area contributed by atoms with Gasteiger partial charge in [-0.2, -0.15) is 0 Å². The fourth-order valence-corrected chi connectivity index (χ4v) is 6.69. The lowest BCUT2D eigenvalue weighted by Crippen LogP contribution is -2.03. The van der Waals surface area contributed by atoms with E-state index in [9.17, 15) is 0 Å². The summed E-state index contributed by atoms with van der Waals surface area (Å²) in [5.41, 5.74) is 8.21. The monoisotopic (exact) mass is 510 g/mol. The summed E-state index contributed by atoms with van der Waals surface area (Å²) >= 11 is 5.54. The Morgan fingerprint density at radius 3 is 2.48 bits per heavy atom. The highest BCUT2D eigenvalue weighted by molar-refractivity contribution is 9.11. The molecule has 1 atom stereocenters. The van der Waals surface area contributed by atoms with E-state index in [1.165, 1.54) is 30.7 Å². The zero-order chi connectivity index (χ0) is 22.4. The second-order valence-corrected chi connectivity index (χ2v) is 10.9. The lowest BCUT2D eigenvalue weighted by Gasteiger charge is -2.16. The molecule has 2 aromatic heterocycles. The normalized spacial score (nSPS) is 17.6. The van der Waals surface area contributed by atoms with Crippen LogP contribution in [0, 0.1) is 5.92 Å². The Labute approximate surface area is 206 Å². The van der Waals surface area contributed by atoms with Crippen molar-refractivity contribution in [1.29, 1.82) is 0 Å². The van der Waals surface area contributed by atoms with Crippen LogP contribution in [0.5, 0.6) is 0 Å². The molecule has 6 rings (SSSR count). The molecule has 0 saturated carbocycles. The fourth-order valence-electron chi connectivity index (χ4n) is 4.70. The summed E-state index contributed by atoms with van der Waals surface area (Å²) in [4.78, 5) is 11.6. The molecule has 0 saturated heterocycles. The second-order valence-electron chi connectivity index (χ2n) is 8.80. The van der Waals surface area contributed by atoms with Crippen LogP contribution in [-0.4, -0.2) is 9.97 Å². The van der Waals surface area contributed by atoms with Crippen molar-refractivity contribution in [3.8, 4) is 22.4 Å². The third-order valence-electron chi connectivity index (χ3n) is 6.31. The van der Waals surface area contributed by atoms with Gasteiger partial charge in [-0.3, -0.25) is 0 Å². The van der Waals surface area contributed by atoms with Crippen LogP contribution < -0.4 is 0 Å². The minimum atomic E-state index is 0.464. The standard InChI is InChI=1S/C29H23BrN2S/c1-18-15-22(17-23(30)16-18)29-31-26(28-27(32-29)24-9-5-6-10-25(24)33-28)21-13-11-20(12-14-21)19-7-3-2-4-8-19/h2-4,6-8,10-15,17-18H,5,9,16H2,1H3. The third-order valence-corrected chi connectivity index (χ3v) is 8.05. The number of hydrogen-bond donors (Lipinski definition) is 0. The number of fused-ring (bicyclic) bond motifs is 3. The molecular weight excluding hydrogens is 488 g/mol. The van der Waals surface area contributed by atoms with E-state index in [0.29, 0.717) is 5.92 Å². The van der Waals surface area contributed by atoms with Crippen LogP contribution in [0.15, 0.2) is 77.3 Å². The lowest BCUT2D eigenvalue weighted by molar-refractivity contribution is 0.733. The first-order valence-corrected chi connectivity index (χ1v) is 13.0. The SMILES string of the molecule is CC1C=C(c2nc(-c3ccc(-c4ccccc4)cc3)c3sc4c(c3n2)CCC=C4)C=C(Br)C1. The van der Waals surface area contributed by atoms with Gasteiger partial charge in [0.05, 0.1) is 15.9 Å². The zero-order valence-corrected chi connectivity index (χ0v) is 20.8. The molecule has 2 aliphatic carbocycles. The van der Waals surface area contributed by atoms with Gasteiger partial charge in [0.15, 0.2) is 5.82 Å². The molecule has 4 heteroatoms. The summed E-state index contributed by atoms with van der Waals surface area (Å²) in [5, 5.41) is 0. The highest BCUT2D eigenvalue weighted by atomic mass is 79.9. The molecule has 162 valence electrons. The third kappa shape index (κ3) is 3.92. The number of thiophene rings is 1. The first-order valence-electron chi connectivity index (χ1n) is 11.4. The predicted molar refractivity (Wildman–Crippen MR) is 144 cm³/mol. The van der Waals surface area contributed by atoms with E-state index >= 15 is 0 Å². The second kappa shape index (κ2) is 8.51. The van der Waals surface area contributed by atoms with Crippen LogP contribution >= 0.6 is 27.3 Å². The molecule has 2 aliphatic rings. The van der Waals surface area contributed by atoms with Crippen molar-refractivity contribution in [2.75, 3.05) is 0 Å². The Bertz CT molecular complexity index is 1440. The number of aryl methyl sites for hydroxylation is 1. The molecule has 4 aromatic rings. The average Bonchev–Trinajstić information content (AvgIpc) is 3.22. The number of aromatic nitrogens is 2. The molecule has 0 radical (unpaired) electrons. The summed E-state index contributed by atoms with van der Waals surface area (Å²) < 4.78 is 2.40. The van der Waals surface area contributed by atoms with Crippen molar-refractivity contribution in [1.82, 2.24) is 9.97 Å². The van der Waals surface area contributed by atoms with Crippen molar-refractivity contribution in [2.24, 2.45) is 5.92 Å². The minimum Gasteiger partial charge on any atom is -0.227 e. The number of halogens is 1. The number of nitrogens with zero attached hydrogens (tertiary/aromatic N) is 2. The molecular formula is C29H23BrN2S. The van der Waals surface area contributed by atoms with Crippen molar-refractivity contribution in [2.45, 2.75) is 26.2 Å².